The highest BCUT2D eigenvalue weighted by Gasteiger charge is 2.37. The van der Waals surface area contributed by atoms with Crippen molar-refractivity contribution in [3.8, 4) is 0 Å². The number of esters is 1. The molecule has 3 rings (SSSR count). The van der Waals surface area contributed by atoms with Gasteiger partial charge in [0.05, 0.1) is 12.7 Å². The fraction of sp³-hybridized carbons (Fsp3) is 0.423. The summed E-state index contributed by atoms with van der Waals surface area (Å²) in [5.74, 6) is -0.290. The molecule has 0 bridgehead atoms. The average Bonchev–Trinajstić information content (AvgIpc) is 3.13. The molecule has 0 radical (unpaired) electrons. The molecule has 0 unspecified atom stereocenters. The van der Waals surface area contributed by atoms with Crippen LogP contribution in [0, 0.1) is 6.92 Å². The van der Waals surface area contributed by atoms with Crippen molar-refractivity contribution in [1.82, 2.24) is 0 Å². The van der Waals surface area contributed by atoms with Gasteiger partial charge >= 0.3 is 5.97 Å². The number of ether oxygens (including phenoxy) is 1. The molecule has 1 aromatic heterocycles. The molecule has 0 saturated heterocycles. The molecule has 29 heavy (non-hydrogen) atoms. The van der Waals surface area contributed by atoms with Crippen molar-refractivity contribution in [2.45, 2.75) is 65.2 Å². The summed E-state index contributed by atoms with van der Waals surface area (Å²) in [4.78, 5) is 12.8. The maximum Gasteiger partial charge on any atom is 0.339 e. The number of aryl methyl sites for hydroxylation is 1. The molecule has 0 amide bonds. The second-order valence-corrected chi connectivity index (χ2v) is 10.3. The number of carbonyl (C=O) groups excluding carboxylic acids is 1. The van der Waals surface area contributed by atoms with Crippen LogP contribution in [0.15, 0.2) is 35.7 Å². The Bertz CT molecular complexity index is 986. The molecule has 0 fully saturated rings. The smallest absolute Gasteiger partial charge is 0.339 e. The summed E-state index contributed by atoms with van der Waals surface area (Å²) in [5.41, 5.74) is 7.90. The van der Waals surface area contributed by atoms with Crippen LogP contribution in [-0.4, -0.2) is 13.1 Å². The van der Waals surface area contributed by atoms with Crippen LogP contribution >= 0.6 is 11.3 Å². The molecule has 1 aliphatic rings. The van der Waals surface area contributed by atoms with Crippen LogP contribution in [0.3, 0.4) is 0 Å². The molecule has 0 spiro atoms. The van der Waals surface area contributed by atoms with Crippen molar-refractivity contribution in [2.75, 3.05) is 7.11 Å². The van der Waals surface area contributed by atoms with E-state index in [2.05, 4.69) is 59.8 Å². The Hall–Kier alpha value is -2.13. The van der Waals surface area contributed by atoms with Crippen LogP contribution in [0.2, 0.25) is 0 Å². The predicted molar refractivity (Wildman–Crippen MR) is 125 cm³/mol. The van der Waals surface area contributed by atoms with E-state index in [0.29, 0.717) is 5.56 Å². The molecule has 0 aliphatic heterocycles. The third-order valence-corrected chi connectivity index (χ3v) is 7.20. The minimum absolute atomic E-state index is 0.204. The van der Waals surface area contributed by atoms with E-state index in [0.717, 1.165) is 4.88 Å². The van der Waals surface area contributed by atoms with Gasteiger partial charge in [-0.15, -0.1) is 11.3 Å². The molecular formula is C26H32O2S. The first-order valence-electron chi connectivity index (χ1n) is 10.2. The van der Waals surface area contributed by atoms with Crippen molar-refractivity contribution < 1.29 is 9.53 Å². The van der Waals surface area contributed by atoms with Gasteiger partial charge in [0.15, 0.2) is 0 Å². The summed E-state index contributed by atoms with van der Waals surface area (Å²) in [7, 11) is 1.42. The van der Waals surface area contributed by atoms with E-state index >= 15 is 0 Å². The average molecular weight is 409 g/mol. The lowest BCUT2D eigenvalue weighted by Gasteiger charge is -2.42. The predicted octanol–water partition coefficient (Wildman–Crippen LogP) is 7.31. The number of methoxy groups -OCH3 is 1. The zero-order valence-electron chi connectivity index (χ0n) is 18.7. The minimum atomic E-state index is -0.290. The summed E-state index contributed by atoms with van der Waals surface area (Å²) >= 11 is 1.55. The SMILES string of the molecule is COC(=O)c1ccsc1/C=C\C=C(/C)c1cc2c(cc1C)C(C)(C)CCC2(C)C. The number of allylic oxidation sites excluding steroid dienone is 3. The highest BCUT2D eigenvalue weighted by atomic mass is 32.1. The van der Waals surface area contributed by atoms with Crippen LogP contribution in [0.25, 0.3) is 11.6 Å². The Morgan fingerprint density at radius 1 is 1.07 bits per heavy atom. The number of thiophene rings is 1. The van der Waals surface area contributed by atoms with E-state index < -0.39 is 0 Å². The first-order valence-corrected chi connectivity index (χ1v) is 11.1. The van der Waals surface area contributed by atoms with Crippen LogP contribution in [-0.2, 0) is 15.6 Å². The Morgan fingerprint density at radius 3 is 2.31 bits per heavy atom. The number of hydrogen-bond acceptors (Lipinski definition) is 3. The zero-order valence-corrected chi connectivity index (χ0v) is 19.5. The van der Waals surface area contributed by atoms with Crippen LogP contribution in [0.4, 0.5) is 0 Å². The fourth-order valence-electron chi connectivity index (χ4n) is 4.25. The van der Waals surface area contributed by atoms with Gasteiger partial charge in [-0.05, 0) is 82.9 Å². The van der Waals surface area contributed by atoms with E-state index in [9.17, 15) is 4.79 Å². The topological polar surface area (TPSA) is 26.3 Å². The Kier molecular flexibility index (Phi) is 5.91. The molecule has 1 heterocycles. The number of carbonyl (C=O) groups is 1. The van der Waals surface area contributed by atoms with Gasteiger partial charge < -0.3 is 4.74 Å². The van der Waals surface area contributed by atoms with Gasteiger partial charge in [-0.2, -0.15) is 0 Å². The van der Waals surface area contributed by atoms with Gasteiger partial charge in [0.25, 0.3) is 0 Å². The van der Waals surface area contributed by atoms with Gasteiger partial charge in [0.2, 0.25) is 0 Å². The summed E-state index contributed by atoms with van der Waals surface area (Å²) in [6, 6.07) is 6.63. The van der Waals surface area contributed by atoms with Crippen LogP contribution in [0.5, 0.6) is 0 Å². The first kappa shape index (κ1) is 21.6. The van der Waals surface area contributed by atoms with Crippen LogP contribution < -0.4 is 0 Å². The molecule has 1 aliphatic carbocycles. The Balaban J connectivity index is 1.95. The van der Waals surface area contributed by atoms with Gasteiger partial charge in [-0.25, -0.2) is 4.79 Å². The lowest BCUT2D eigenvalue weighted by Crippen LogP contribution is -2.34. The fourth-order valence-corrected chi connectivity index (χ4v) is 5.03. The van der Waals surface area contributed by atoms with Gasteiger partial charge in [0.1, 0.15) is 0 Å². The number of rotatable bonds is 4. The van der Waals surface area contributed by atoms with E-state index in [1.165, 1.54) is 47.8 Å². The molecule has 2 nitrogen and oxygen atoms in total. The van der Waals surface area contributed by atoms with Gasteiger partial charge in [-0.1, -0.05) is 52.0 Å². The van der Waals surface area contributed by atoms with E-state index in [1.807, 2.05) is 23.6 Å². The molecule has 0 N–H and O–H groups in total. The Labute approximate surface area is 179 Å². The molecule has 154 valence electrons. The second-order valence-electron chi connectivity index (χ2n) is 9.38. The highest BCUT2D eigenvalue weighted by Crippen LogP contribution is 2.47. The Morgan fingerprint density at radius 2 is 1.69 bits per heavy atom. The quantitative estimate of drug-likeness (QED) is 0.391. The number of fused-ring (bicyclic) bond motifs is 1. The molecule has 1 aromatic carbocycles. The van der Waals surface area contributed by atoms with Crippen molar-refractivity contribution in [2.24, 2.45) is 0 Å². The molecular weight excluding hydrogens is 376 g/mol. The van der Waals surface area contributed by atoms with E-state index in [4.69, 9.17) is 4.74 Å². The summed E-state index contributed by atoms with van der Waals surface area (Å²) in [6.45, 7) is 13.8. The minimum Gasteiger partial charge on any atom is -0.465 e. The molecule has 2 aromatic rings. The number of benzene rings is 1. The van der Waals surface area contributed by atoms with Gasteiger partial charge in [-0.3, -0.25) is 0 Å². The van der Waals surface area contributed by atoms with Crippen molar-refractivity contribution >= 4 is 29.0 Å². The summed E-state index contributed by atoms with van der Waals surface area (Å²) < 4.78 is 4.86. The second kappa shape index (κ2) is 7.95. The van der Waals surface area contributed by atoms with Crippen molar-refractivity contribution in [1.29, 1.82) is 0 Å². The van der Waals surface area contributed by atoms with E-state index in [-0.39, 0.29) is 16.8 Å². The molecule has 0 atom stereocenters. The normalized spacial score (nSPS) is 18.0. The zero-order chi connectivity index (χ0) is 21.4. The van der Waals surface area contributed by atoms with Crippen molar-refractivity contribution in [3.63, 3.8) is 0 Å². The maximum atomic E-state index is 11.8. The first-order chi connectivity index (χ1) is 13.6. The van der Waals surface area contributed by atoms with Crippen molar-refractivity contribution in [3.05, 3.63) is 68.4 Å². The monoisotopic (exact) mass is 408 g/mol. The summed E-state index contributed by atoms with van der Waals surface area (Å²) in [6.07, 6.45) is 8.60. The third kappa shape index (κ3) is 4.25. The van der Waals surface area contributed by atoms with E-state index in [1.54, 1.807) is 11.3 Å². The number of hydrogen-bond donors (Lipinski definition) is 0. The molecule has 3 heteroatoms. The standard InChI is InChI=1S/C26H32O2S/c1-17(9-8-10-23-19(11-14-29-23)24(27)28-7)20-16-22-21(15-18(20)2)25(3,4)12-13-26(22,5)6/h8-11,14-16H,12-13H2,1-7H3/b10-8-,17-9+. The molecule has 0 saturated carbocycles. The largest absolute Gasteiger partial charge is 0.465 e. The maximum absolute atomic E-state index is 11.8. The lowest BCUT2D eigenvalue weighted by atomic mass is 9.62. The lowest BCUT2D eigenvalue weighted by molar-refractivity contribution is 0.0601. The highest BCUT2D eigenvalue weighted by molar-refractivity contribution is 7.11. The third-order valence-electron chi connectivity index (χ3n) is 6.32. The summed E-state index contributed by atoms with van der Waals surface area (Å²) in [5, 5.41) is 1.92. The van der Waals surface area contributed by atoms with Crippen LogP contribution in [0.1, 0.15) is 84.9 Å². The van der Waals surface area contributed by atoms with Gasteiger partial charge in [0, 0.05) is 4.88 Å².